The number of nitrogens with one attached hydrogen (secondary N) is 2. The second-order valence-corrected chi connectivity index (χ2v) is 7.35. The number of guanidine groups is 1. The Morgan fingerprint density at radius 1 is 1.35 bits per heavy atom. The summed E-state index contributed by atoms with van der Waals surface area (Å²) < 4.78 is 5.35. The Kier molecular flexibility index (Phi) is 9.71. The Balaban J connectivity index is 0.00000338. The Bertz CT molecular complexity index is 577. The minimum absolute atomic E-state index is 0. The molecule has 1 aromatic carbocycles. The molecule has 1 aliphatic heterocycles. The van der Waals surface area contributed by atoms with Crippen molar-refractivity contribution in [3.05, 3.63) is 29.8 Å². The van der Waals surface area contributed by atoms with Gasteiger partial charge in [-0.15, -0.1) is 24.0 Å². The number of rotatable bonds is 7. The predicted molar refractivity (Wildman–Crippen MR) is 121 cm³/mol. The van der Waals surface area contributed by atoms with Crippen LogP contribution in [0.25, 0.3) is 0 Å². The zero-order valence-corrected chi connectivity index (χ0v) is 19.2. The number of hydrogen-bond acceptors (Lipinski definition) is 3. The number of likely N-dealkylation sites (tertiary alicyclic amines) is 1. The lowest BCUT2D eigenvalue weighted by Gasteiger charge is -2.28. The van der Waals surface area contributed by atoms with E-state index in [2.05, 4.69) is 53.4 Å². The van der Waals surface area contributed by atoms with Gasteiger partial charge in [0.2, 0.25) is 0 Å². The van der Waals surface area contributed by atoms with E-state index in [0.717, 1.165) is 31.3 Å². The van der Waals surface area contributed by atoms with Crippen molar-refractivity contribution in [2.45, 2.75) is 45.1 Å². The van der Waals surface area contributed by atoms with Crippen molar-refractivity contribution in [3.63, 3.8) is 0 Å². The van der Waals surface area contributed by atoms with Crippen LogP contribution in [0.2, 0.25) is 0 Å². The fraction of sp³-hybridized carbons (Fsp3) is 0.650. The van der Waals surface area contributed by atoms with E-state index in [1.54, 1.807) is 7.11 Å². The second kappa shape index (κ2) is 11.0. The van der Waals surface area contributed by atoms with Crippen LogP contribution in [-0.4, -0.2) is 57.2 Å². The summed E-state index contributed by atoms with van der Waals surface area (Å²) in [7, 11) is 3.54. The van der Waals surface area contributed by atoms with Gasteiger partial charge in [-0.05, 0) is 43.6 Å². The first-order valence-electron chi connectivity index (χ1n) is 9.33. The van der Waals surface area contributed by atoms with Gasteiger partial charge in [0, 0.05) is 31.6 Å². The van der Waals surface area contributed by atoms with E-state index in [1.807, 2.05) is 19.2 Å². The summed E-state index contributed by atoms with van der Waals surface area (Å²) in [6.07, 6.45) is 2.57. The van der Waals surface area contributed by atoms with Crippen LogP contribution in [0.5, 0.6) is 5.75 Å². The SMILES string of the molecule is CCN1CCCC1CNC(=NC)NCC(C)(C)c1cccc(OC)c1.I. The minimum atomic E-state index is -0.0189. The Morgan fingerprint density at radius 3 is 2.77 bits per heavy atom. The molecule has 5 nitrogen and oxygen atoms in total. The summed E-state index contributed by atoms with van der Waals surface area (Å²) in [6, 6.07) is 8.90. The van der Waals surface area contributed by atoms with Crippen molar-refractivity contribution in [3.8, 4) is 5.75 Å². The third kappa shape index (κ3) is 6.30. The molecular formula is C20H35IN4O. The van der Waals surface area contributed by atoms with E-state index in [0.29, 0.717) is 6.04 Å². The molecule has 0 spiro atoms. The summed E-state index contributed by atoms with van der Waals surface area (Å²) in [5, 5.41) is 6.98. The van der Waals surface area contributed by atoms with Crippen LogP contribution in [0.1, 0.15) is 39.2 Å². The van der Waals surface area contributed by atoms with Crippen LogP contribution in [-0.2, 0) is 5.41 Å². The molecule has 6 heteroatoms. The van der Waals surface area contributed by atoms with E-state index in [1.165, 1.54) is 24.9 Å². The third-order valence-electron chi connectivity index (χ3n) is 5.18. The van der Waals surface area contributed by atoms with E-state index in [-0.39, 0.29) is 29.4 Å². The highest BCUT2D eigenvalue weighted by molar-refractivity contribution is 14.0. The van der Waals surface area contributed by atoms with Crippen LogP contribution in [0.4, 0.5) is 0 Å². The van der Waals surface area contributed by atoms with Gasteiger partial charge in [-0.3, -0.25) is 9.89 Å². The van der Waals surface area contributed by atoms with Crippen LogP contribution in [0.3, 0.4) is 0 Å². The molecule has 1 atom stereocenters. The second-order valence-electron chi connectivity index (χ2n) is 7.35. The number of benzene rings is 1. The molecule has 0 aliphatic carbocycles. The van der Waals surface area contributed by atoms with Gasteiger partial charge in [-0.1, -0.05) is 32.9 Å². The van der Waals surface area contributed by atoms with Gasteiger partial charge in [-0.2, -0.15) is 0 Å². The van der Waals surface area contributed by atoms with Crippen LogP contribution < -0.4 is 15.4 Å². The zero-order chi connectivity index (χ0) is 18.3. The van der Waals surface area contributed by atoms with Gasteiger partial charge < -0.3 is 15.4 Å². The molecule has 1 saturated heterocycles. The smallest absolute Gasteiger partial charge is 0.191 e. The average Bonchev–Trinajstić information content (AvgIpc) is 3.09. The molecule has 1 fully saturated rings. The van der Waals surface area contributed by atoms with Crippen molar-refractivity contribution in [1.29, 1.82) is 0 Å². The summed E-state index contributed by atoms with van der Waals surface area (Å²) in [6.45, 7) is 10.8. The van der Waals surface area contributed by atoms with Crippen molar-refractivity contribution in [2.75, 3.05) is 40.3 Å². The lowest BCUT2D eigenvalue weighted by Crippen LogP contribution is -2.47. The fourth-order valence-electron chi connectivity index (χ4n) is 3.43. The molecule has 1 heterocycles. The van der Waals surface area contributed by atoms with Crippen molar-refractivity contribution >= 4 is 29.9 Å². The van der Waals surface area contributed by atoms with Gasteiger partial charge in [0.05, 0.1) is 7.11 Å². The van der Waals surface area contributed by atoms with E-state index in [9.17, 15) is 0 Å². The first-order valence-corrected chi connectivity index (χ1v) is 9.33. The molecule has 1 aliphatic rings. The van der Waals surface area contributed by atoms with Gasteiger partial charge in [0.15, 0.2) is 5.96 Å². The molecule has 148 valence electrons. The molecule has 0 amide bonds. The minimum Gasteiger partial charge on any atom is -0.497 e. The van der Waals surface area contributed by atoms with E-state index in [4.69, 9.17) is 4.74 Å². The monoisotopic (exact) mass is 474 g/mol. The Labute approximate surface area is 176 Å². The lowest BCUT2D eigenvalue weighted by atomic mass is 9.84. The molecule has 0 radical (unpaired) electrons. The molecular weight excluding hydrogens is 439 g/mol. The molecule has 0 bridgehead atoms. The van der Waals surface area contributed by atoms with Gasteiger partial charge >= 0.3 is 0 Å². The highest BCUT2D eigenvalue weighted by Gasteiger charge is 2.24. The lowest BCUT2D eigenvalue weighted by molar-refractivity contribution is 0.267. The summed E-state index contributed by atoms with van der Waals surface area (Å²) in [5.74, 6) is 1.77. The van der Waals surface area contributed by atoms with Crippen molar-refractivity contribution < 1.29 is 4.74 Å². The highest BCUT2D eigenvalue weighted by atomic mass is 127. The number of halogens is 1. The van der Waals surface area contributed by atoms with E-state index >= 15 is 0 Å². The summed E-state index contributed by atoms with van der Waals surface area (Å²) in [5.41, 5.74) is 1.23. The topological polar surface area (TPSA) is 48.9 Å². The standard InChI is InChI=1S/C20H34N4O.HI/c1-6-24-12-8-10-17(24)14-22-19(21-4)23-15-20(2,3)16-9-7-11-18(13-16)25-5;/h7,9,11,13,17H,6,8,10,12,14-15H2,1-5H3,(H2,21,22,23);1H. The first kappa shape index (κ1) is 23.0. The number of nitrogens with zero attached hydrogens (tertiary/aromatic N) is 2. The van der Waals surface area contributed by atoms with Crippen LogP contribution >= 0.6 is 24.0 Å². The Morgan fingerprint density at radius 2 is 2.12 bits per heavy atom. The van der Waals surface area contributed by atoms with Gasteiger partial charge in [-0.25, -0.2) is 0 Å². The van der Waals surface area contributed by atoms with Crippen molar-refractivity contribution in [1.82, 2.24) is 15.5 Å². The normalized spacial score (nSPS) is 18.3. The molecule has 1 aromatic rings. The number of aliphatic imine (C=N–C) groups is 1. The maximum absolute atomic E-state index is 5.35. The number of likely N-dealkylation sites (N-methyl/N-ethyl adjacent to an activating group) is 1. The molecule has 26 heavy (non-hydrogen) atoms. The van der Waals surface area contributed by atoms with E-state index < -0.39 is 0 Å². The summed E-state index contributed by atoms with van der Waals surface area (Å²) >= 11 is 0. The fourth-order valence-corrected chi connectivity index (χ4v) is 3.43. The quantitative estimate of drug-likeness (QED) is 0.362. The van der Waals surface area contributed by atoms with Gasteiger partial charge in [0.1, 0.15) is 5.75 Å². The Hall–Kier alpha value is -1.02. The first-order chi connectivity index (χ1) is 12.0. The largest absolute Gasteiger partial charge is 0.497 e. The van der Waals surface area contributed by atoms with Crippen molar-refractivity contribution in [2.24, 2.45) is 4.99 Å². The summed E-state index contributed by atoms with van der Waals surface area (Å²) in [4.78, 5) is 6.92. The average molecular weight is 474 g/mol. The maximum Gasteiger partial charge on any atom is 0.191 e. The zero-order valence-electron chi connectivity index (χ0n) is 16.8. The molecule has 2 N–H and O–H groups in total. The maximum atomic E-state index is 5.35. The molecule has 0 aromatic heterocycles. The number of ether oxygens (including phenoxy) is 1. The molecule has 2 rings (SSSR count). The molecule has 1 unspecified atom stereocenters. The number of hydrogen-bond donors (Lipinski definition) is 2. The highest BCUT2D eigenvalue weighted by Crippen LogP contribution is 2.25. The predicted octanol–water partition coefficient (Wildman–Crippen LogP) is 3.24. The molecule has 0 saturated carbocycles. The van der Waals surface area contributed by atoms with Crippen LogP contribution in [0.15, 0.2) is 29.3 Å². The van der Waals surface area contributed by atoms with Crippen LogP contribution in [0, 0.1) is 0 Å². The third-order valence-corrected chi connectivity index (χ3v) is 5.18. The van der Waals surface area contributed by atoms with Gasteiger partial charge in [0.25, 0.3) is 0 Å². The number of methoxy groups -OCH3 is 1.